The molecule has 0 bridgehead atoms. The van der Waals surface area contributed by atoms with Crippen LogP contribution in [0, 0.1) is 12.8 Å². The summed E-state index contributed by atoms with van der Waals surface area (Å²) in [6.45, 7) is 5.53. The first-order valence-electron chi connectivity index (χ1n) is 9.38. The normalized spacial score (nSPS) is 28.6. The van der Waals surface area contributed by atoms with Gasteiger partial charge in [0.05, 0.1) is 12.1 Å². The van der Waals surface area contributed by atoms with Gasteiger partial charge in [-0.3, -0.25) is 4.79 Å². The maximum absolute atomic E-state index is 13.0. The van der Waals surface area contributed by atoms with Gasteiger partial charge in [-0.1, -0.05) is 24.9 Å². The topological polar surface area (TPSA) is 68.5 Å². The fourth-order valence-electron chi connectivity index (χ4n) is 3.92. The molecule has 0 saturated carbocycles. The molecule has 2 fully saturated rings. The standard InChI is InChI=1S/C18H29N3O3/c1-3-15-11-14(8-10-23-15)12-17(22)21-9-6-4-5-7-16(21)18-19-13(2)24-20-18/h14-16H,3-12H2,1-2H3. The molecule has 1 amide bonds. The zero-order valence-corrected chi connectivity index (χ0v) is 14.9. The van der Waals surface area contributed by atoms with Crippen LogP contribution in [-0.4, -0.2) is 40.2 Å². The van der Waals surface area contributed by atoms with Crippen molar-refractivity contribution in [1.29, 1.82) is 0 Å². The summed E-state index contributed by atoms with van der Waals surface area (Å²) in [5.74, 6) is 1.91. The Labute approximate surface area is 143 Å². The van der Waals surface area contributed by atoms with Gasteiger partial charge >= 0.3 is 0 Å². The number of carbonyl (C=O) groups is 1. The molecule has 2 saturated heterocycles. The Morgan fingerprint density at radius 1 is 1.29 bits per heavy atom. The number of hydrogen-bond donors (Lipinski definition) is 0. The monoisotopic (exact) mass is 335 g/mol. The van der Waals surface area contributed by atoms with Gasteiger partial charge in [0.1, 0.15) is 0 Å². The van der Waals surface area contributed by atoms with E-state index in [4.69, 9.17) is 9.26 Å². The summed E-state index contributed by atoms with van der Waals surface area (Å²) < 4.78 is 10.9. The van der Waals surface area contributed by atoms with Crippen molar-refractivity contribution in [2.45, 2.75) is 77.4 Å². The smallest absolute Gasteiger partial charge is 0.223 e. The van der Waals surface area contributed by atoms with Crippen LogP contribution in [0.5, 0.6) is 0 Å². The van der Waals surface area contributed by atoms with Gasteiger partial charge in [-0.25, -0.2) is 0 Å². The summed E-state index contributed by atoms with van der Waals surface area (Å²) in [5, 5.41) is 4.09. The molecule has 3 rings (SSSR count). The fraction of sp³-hybridized carbons (Fsp3) is 0.833. The van der Waals surface area contributed by atoms with Crippen LogP contribution in [0.4, 0.5) is 0 Å². The minimum atomic E-state index is -0.0285. The molecule has 3 heterocycles. The van der Waals surface area contributed by atoms with Crippen LogP contribution < -0.4 is 0 Å². The van der Waals surface area contributed by atoms with Crippen molar-refractivity contribution < 1.29 is 14.1 Å². The van der Waals surface area contributed by atoms with E-state index in [1.807, 2.05) is 4.90 Å². The number of ether oxygens (including phenoxy) is 1. The number of aryl methyl sites for hydroxylation is 1. The van der Waals surface area contributed by atoms with Crippen molar-refractivity contribution in [3.63, 3.8) is 0 Å². The third-order valence-corrected chi connectivity index (χ3v) is 5.31. The SMILES string of the molecule is CCC1CC(CC(=O)N2CCCCCC2c2noc(C)n2)CCO1. The van der Waals surface area contributed by atoms with E-state index in [0.29, 0.717) is 30.2 Å². The predicted molar refractivity (Wildman–Crippen MR) is 89.3 cm³/mol. The maximum atomic E-state index is 13.0. The Hall–Kier alpha value is -1.43. The number of rotatable bonds is 4. The third-order valence-electron chi connectivity index (χ3n) is 5.31. The molecule has 134 valence electrons. The Morgan fingerprint density at radius 2 is 2.17 bits per heavy atom. The molecule has 0 radical (unpaired) electrons. The fourth-order valence-corrected chi connectivity index (χ4v) is 3.92. The molecule has 6 heteroatoms. The third kappa shape index (κ3) is 4.15. The molecule has 2 aliphatic rings. The molecule has 24 heavy (non-hydrogen) atoms. The van der Waals surface area contributed by atoms with Crippen LogP contribution in [0.15, 0.2) is 4.52 Å². The number of amides is 1. The van der Waals surface area contributed by atoms with Crippen LogP contribution >= 0.6 is 0 Å². The summed E-state index contributed by atoms with van der Waals surface area (Å²) >= 11 is 0. The quantitative estimate of drug-likeness (QED) is 0.843. The van der Waals surface area contributed by atoms with Crippen LogP contribution in [0.1, 0.15) is 76.0 Å². The van der Waals surface area contributed by atoms with Crippen molar-refractivity contribution in [2.24, 2.45) is 5.92 Å². The molecule has 1 aromatic rings. The summed E-state index contributed by atoms with van der Waals surface area (Å²) in [6, 6.07) is -0.0285. The van der Waals surface area contributed by atoms with E-state index < -0.39 is 0 Å². The van der Waals surface area contributed by atoms with Gasteiger partial charge in [-0.05, 0) is 38.0 Å². The van der Waals surface area contributed by atoms with Crippen molar-refractivity contribution in [1.82, 2.24) is 15.0 Å². The van der Waals surface area contributed by atoms with Gasteiger partial charge in [0.2, 0.25) is 11.8 Å². The highest BCUT2D eigenvalue weighted by atomic mass is 16.5. The van der Waals surface area contributed by atoms with E-state index in [1.54, 1.807) is 6.92 Å². The molecular weight excluding hydrogens is 306 g/mol. The number of aromatic nitrogens is 2. The van der Waals surface area contributed by atoms with E-state index in [0.717, 1.165) is 58.1 Å². The van der Waals surface area contributed by atoms with Gasteiger partial charge in [-0.2, -0.15) is 4.98 Å². The van der Waals surface area contributed by atoms with E-state index in [9.17, 15) is 4.79 Å². The lowest BCUT2D eigenvalue weighted by molar-refractivity contribution is -0.136. The minimum Gasteiger partial charge on any atom is -0.378 e. The molecule has 0 N–H and O–H groups in total. The average Bonchev–Trinajstić information content (AvgIpc) is 2.87. The van der Waals surface area contributed by atoms with Gasteiger partial charge in [0, 0.05) is 26.5 Å². The summed E-state index contributed by atoms with van der Waals surface area (Å²) in [6.07, 6.45) is 8.21. The highest BCUT2D eigenvalue weighted by molar-refractivity contribution is 5.77. The molecule has 3 unspecified atom stereocenters. The first kappa shape index (κ1) is 17.4. The van der Waals surface area contributed by atoms with E-state index in [1.165, 1.54) is 0 Å². The van der Waals surface area contributed by atoms with Gasteiger partial charge in [0.25, 0.3) is 0 Å². The molecule has 2 aliphatic heterocycles. The molecular formula is C18H29N3O3. The van der Waals surface area contributed by atoms with E-state index in [-0.39, 0.29) is 11.9 Å². The Bertz CT molecular complexity index is 545. The Morgan fingerprint density at radius 3 is 2.92 bits per heavy atom. The number of nitrogens with zero attached hydrogens (tertiary/aromatic N) is 3. The Balaban J connectivity index is 1.68. The zero-order chi connectivity index (χ0) is 16.9. The first-order chi connectivity index (χ1) is 11.7. The van der Waals surface area contributed by atoms with Crippen LogP contribution in [0.25, 0.3) is 0 Å². The molecule has 0 spiro atoms. The number of carbonyl (C=O) groups excluding carboxylic acids is 1. The van der Waals surface area contributed by atoms with E-state index in [2.05, 4.69) is 17.1 Å². The lowest BCUT2D eigenvalue weighted by Crippen LogP contribution is -2.37. The number of hydrogen-bond acceptors (Lipinski definition) is 5. The molecule has 6 nitrogen and oxygen atoms in total. The largest absolute Gasteiger partial charge is 0.378 e. The predicted octanol–water partition coefficient (Wildman–Crippen LogP) is 3.42. The molecule has 1 aromatic heterocycles. The summed E-state index contributed by atoms with van der Waals surface area (Å²) in [5.41, 5.74) is 0. The van der Waals surface area contributed by atoms with Crippen molar-refractivity contribution in [3.05, 3.63) is 11.7 Å². The first-order valence-corrected chi connectivity index (χ1v) is 9.38. The molecule has 0 aliphatic carbocycles. The highest BCUT2D eigenvalue weighted by Gasteiger charge is 2.32. The molecule has 3 atom stereocenters. The zero-order valence-electron chi connectivity index (χ0n) is 14.9. The summed E-state index contributed by atoms with van der Waals surface area (Å²) in [7, 11) is 0. The second-order valence-electron chi connectivity index (χ2n) is 7.12. The molecule has 0 aromatic carbocycles. The second kappa shape index (κ2) is 8.10. The van der Waals surface area contributed by atoms with Crippen molar-refractivity contribution >= 4 is 5.91 Å². The van der Waals surface area contributed by atoms with Crippen molar-refractivity contribution in [2.75, 3.05) is 13.2 Å². The van der Waals surface area contributed by atoms with Gasteiger partial charge in [-0.15, -0.1) is 0 Å². The van der Waals surface area contributed by atoms with Crippen LogP contribution in [0.2, 0.25) is 0 Å². The summed E-state index contributed by atoms with van der Waals surface area (Å²) in [4.78, 5) is 19.4. The average molecular weight is 335 g/mol. The second-order valence-corrected chi connectivity index (χ2v) is 7.12. The van der Waals surface area contributed by atoms with Crippen LogP contribution in [-0.2, 0) is 9.53 Å². The minimum absolute atomic E-state index is 0.0285. The van der Waals surface area contributed by atoms with Crippen LogP contribution in [0.3, 0.4) is 0 Å². The van der Waals surface area contributed by atoms with Gasteiger partial charge < -0.3 is 14.2 Å². The lowest BCUT2D eigenvalue weighted by Gasteiger charge is -2.32. The van der Waals surface area contributed by atoms with Gasteiger partial charge in [0.15, 0.2) is 5.82 Å². The maximum Gasteiger partial charge on any atom is 0.223 e. The highest BCUT2D eigenvalue weighted by Crippen LogP contribution is 2.31. The van der Waals surface area contributed by atoms with Crippen molar-refractivity contribution in [3.8, 4) is 0 Å². The Kier molecular flexibility index (Phi) is 5.87. The lowest BCUT2D eigenvalue weighted by atomic mass is 9.90. The van der Waals surface area contributed by atoms with E-state index >= 15 is 0 Å². The number of likely N-dealkylation sites (tertiary alicyclic amines) is 1.